The fourth-order valence-electron chi connectivity index (χ4n) is 3.51. The maximum Gasteiger partial charge on any atom is 0.246 e. The molecule has 0 aromatic heterocycles. The van der Waals surface area contributed by atoms with E-state index in [1.54, 1.807) is 0 Å². The monoisotopic (exact) mass is 420 g/mol. The van der Waals surface area contributed by atoms with Crippen molar-refractivity contribution in [3.63, 3.8) is 0 Å². The van der Waals surface area contributed by atoms with Crippen molar-refractivity contribution < 1.29 is 22.3 Å². The molecule has 1 aliphatic heterocycles. The van der Waals surface area contributed by atoms with E-state index in [0.29, 0.717) is 12.8 Å². The smallest absolute Gasteiger partial charge is 0.246 e. The molecule has 3 rings (SSSR count). The second-order valence-corrected chi connectivity index (χ2v) is 9.02. The van der Waals surface area contributed by atoms with E-state index in [0.717, 1.165) is 17.7 Å². The van der Waals surface area contributed by atoms with Gasteiger partial charge in [0.05, 0.1) is 13.2 Å². The van der Waals surface area contributed by atoms with E-state index in [-0.39, 0.29) is 41.6 Å². The van der Waals surface area contributed by atoms with Gasteiger partial charge in [0.15, 0.2) is 0 Å². The number of amides is 1. The van der Waals surface area contributed by atoms with Crippen LogP contribution in [0, 0.1) is 11.7 Å². The molecule has 6 nitrogen and oxygen atoms in total. The molecule has 0 spiro atoms. The summed E-state index contributed by atoms with van der Waals surface area (Å²) in [5.74, 6) is -0.889. The fraction of sp³-hybridized carbons (Fsp3) is 0.381. The number of methoxy groups -OCH3 is 1. The molecule has 1 aliphatic rings. The molecule has 1 atom stereocenters. The van der Waals surface area contributed by atoms with Crippen LogP contribution in [0.4, 0.5) is 4.39 Å². The topological polar surface area (TPSA) is 75.7 Å². The fourth-order valence-corrected chi connectivity index (χ4v) is 5.14. The molecule has 29 heavy (non-hydrogen) atoms. The number of sulfonamides is 1. The standard InChI is InChI=1S/C21H25FN2O4S/c1-15(16-6-4-3-5-7-16)23-21(25)17-10-12-24(13-11-17)29(26,27)20-14-18(22)8-9-19(20)28-2/h3-9,14-15,17H,10-13H2,1-2H3,(H,23,25)/t15-/m0/s1. The number of halogens is 1. The molecule has 8 heteroatoms. The van der Waals surface area contributed by atoms with Gasteiger partial charge < -0.3 is 10.1 Å². The quantitative estimate of drug-likeness (QED) is 0.779. The van der Waals surface area contributed by atoms with Gasteiger partial charge in [0, 0.05) is 19.0 Å². The predicted octanol–water partition coefficient (Wildman–Crippen LogP) is 3.11. The Morgan fingerprint density at radius 2 is 1.83 bits per heavy atom. The van der Waals surface area contributed by atoms with Crippen molar-refractivity contribution in [3.05, 3.63) is 59.9 Å². The van der Waals surface area contributed by atoms with Crippen molar-refractivity contribution >= 4 is 15.9 Å². The number of carbonyl (C=O) groups excluding carboxylic acids is 1. The number of nitrogens with one attached hydrogen (secondary N) is 1. The Morgan fingerprint density at radius 3 is 2.45 bits per heavy atom. The minimum Gasteiger partial charge on any atom is -0.495 e. The molecule has 0 aliphatic carbocycles. The molecule has 2 aromatic rings. The average Bonchev–Trinajstić information content (AvgIpc) is 2.74. The van der Waals surface area contributed by atoms with E-state index >= 15 is 0 Å². The van der Waals surface area contributed by atoms with Crippen LogP contribution in [0.3, 0.4) is 0 Å². The van der Waals surface area contributed by atoms with E-state index in [9.17, 15) is 17.6 Å². The zero-order chi connectivity index (χ0) is 21.0. The van der Waals surface area contributed by atoms with Gasteiger partial charge in [-0.05, 0) is 43.5 Å². The normalized spacial score (nSPS) is 16.9. The Hall–Kier alpha value is -2.45. The lowest BCUT2D eigenvalue weighted by Gasteiger charge is -2.31. The first-order valence-corrected chi connectivity index (χ1v) is 11.0. The summed E-state index contributed by atoms with van der Waals surface area (Å²) in [6.07, 6.45) is 0.814. The van der Waals surface area contributed by atoms with E-state index in [2.05, 4.69) is 5.32 Å². The summed E-state index contributed by atoms with van der Waals surface area (Å²) in [5, 5.41) is 3.00. The number of benzene rings is 2. The average molecular weight is 421 g/mol. The largest absolute Gasteiger partial charge is 0.495 e. The van der Waals surface area contributed by atoms with Crippen LogP contribution in [0.15, 0.2) is 53.4 Å². The second-order valence-electron chi connectivity index (χ2n) is 7.11. The molecule has 0 bridgehead atoms. The lowest BCUT2D eigenvalue weighted by atomic mass is 9.96. The molecule has 1 N–H and O–H groups in total. The number of hydrogen-bond acceptors (Lipinski definition) is 4. The van der Waals surface area contributed by atoms with Crippen LogP contribution in [0.5, 0.6) is 5.75 Å². The van der Waals surface area contributed by atoms with Gasteiger partial charge in [0.2, 0.25) is 15.9 Å². The number of piperidine rings is 1. The summed E-state index contributed by atoms with van der Waals surface area (Å²) < 4.78 is 45.9. The Kier molecular flexibility index (Phi) is 6.54. The van der Waals surface area contributed by atoms with Gasteiger partial charge in [0.1, 0.15) is 16.5 Å². The summed E-state index contributed by atoms with van der Waals surface area (Å²) in [5.41, 5.74) is 1.01. The van der Waals surface area contributed by atoms with Gasteiger partial charge in [-0.15, -0.1) is 0 Å². The lowest BCUT2D eigenvalue weighted by molar-refractivity contribution is -0.126. The van der Waals surface area contributed by atoms with Crippen molar-refractivity contribution in [1.29, 1.82) is 0 Å². The van der Waals surface area contributed by atoms with Crippen LogP contribution < -0.4 is 10.1 Å². The first kappa shape index (κ1) is 21.3. The number of rotatable bonds is 6. The molecule has 2 aromatic carbocycles. The summed E-state index contributed by atoms with van der Waals surface area (Å²) in [7, 11) is -2.56. The molecule has 1 amide bonds. The third-order valence-electron chi connectivity index (χ3n) is 5.23. The second kappa shape index (κ2) is 8.92. The Labute approximate surface area is 170 Å². The first-order chi connectivity index (χ1) is 13.8. The van der Waals surface area contributed by atoms with Gasteiger partial charge in [-0.2, -0.15) is 4.31 Å². The molecule has 1 fully saturated rings. The Bertz CT molecular complexity index is 958. The number of ether oxygens (including phenoxy) is 1. The minimum absolute atomic E-state index is 0.0817. The lowest BCUT2D eigenvalue weighted by Crippen LogP contribution is -2.43. The highest BCUT2D eigenvalue weighted by Gasteiger charge is 2.34. The van der Waals surface area contributed by atoms with Crippen molar-refractivity contribution in [1.82, 2.24) is 9.62 Å². The maximum absolute atomic E-state index is 13.6. The van der Waals surface area contributed by atoms with Crippen LogP contribution in [-0.2, 0) is 14.8 Å². The van der Waals surface area contributed by atoms with Crippen LogP contribution in [0.25, 0.3) is 0 Å². The van der Waals surface area contributed by atoms with E-state index in [1.807, 2.05) is 37.3 Å². The molecule has 1 heterocycles. The summed E-state index contributed by atoms with van der Waals surface area (Å²) in [4.78, 5) is 12.4. The Balaban J connectivity index is 1.64. The van der Waals surface area contributed by atoms with Crippen LogP contribution in [0.1, 0.15) is 31.4 Å². The highest BCUT2D eigenvalue weighted by Crippen LogP contribution is 2.30. The van der Waals surface area contributed by atoms with Crippen molar-refractivity contribution in [3.8, 4) is 5.75 Å². The molecular formula is C21H25FN2O4S. The van der Waals surface area contributed by atoms with Gasteiger partial charge in [-0.25, -0.2) is 12.8 Å². The first-order valence-electron chi connectivity index (χ1n) is 9.52. The molecule has 0 unspecified atom stereocenters. The zero-order valence-electron chi connectivity index (χ0n) is 16.5. The summed E-state index contributed by atoms with van der Waals surface area (Å²) >= 11 is 0. The van der Waals surface area contributed by atoms with Gasteiger partial charge in [0.25, 0.3) is 0 Å². The van der Waals surface area contributed by atoms with E-state index in [4.69, 9.17) is 4.74 Å². The highest BCUT2D eigenvalue weighted by molar-refractivity contribution is 7.89. The molecular weight excluding hydrogens is 395 g/mol. The summed E-state index contributed by atoms with van der Waals surface area (Å²) in [6, 6.07) is 13.0. The maximum atomic E-state index is 13.6. The molecule has 0 saturated carbocycles. The third kappa shape index (κ3) is 4.76. The molecule has 1 saturated heterocycles. The number of carbonyl (C=O) groups is 1. The van der Waals surface area contributed by atoms with Crippen molar-refractivity contribution in [2.45, 2.75) is 30.7 Å². The van der Waals surface area contributed by atoms with Crippen LogP contribution >= 0.6 is 0 Å². The van der Waals surface area contributed by atoms with Crippen LogP contribution in [-0.4, -0.2) is 38.8 Å². The van der Waals surface area contributed by atoms with Gasteiger partial charge in [-0.3, -0.25) is 4.79 Å². The van der Waals surface area contributed by atoms with Crippen molar-refractivity contribution in [2.24, 2.45) is 5.92 Å². The molecule has 156 valence electrons. The molecule has 0 radical (unpaired) electrons. The zero-order valence-corrected chi connectivity index (χ0v) is 17.3. The third-order valence-corrected chi connectivity index (χ3v) is 7.15. The van der Waals surface area contributed by atoms with Gasteiger partial charge in [-0.1, -0.05) is 30.3 Å². The van der Waals surface area contributed by atoms with E-state index < -0.39 is 15.8 Å². The number of hydrogen-bond donors (Lipinski definition) is 1. The Morgan fingerprint density at radius 1 is 1.17 bits per heavy atom. The highest BCUT2D eigenvalue weighted by atomic mass is 32.2. The van der Waals surface area contributed by atoms with Gasteiger partial charge >= 0.3 is 0 Å². The summed E-state index contributed by atoms with van der Waals surface area (Å²) in [6.45, 7) is 2.31. The minimum atomic E-state index is -3.91. The van der Waals surface area contributed by atoms with Crippen LogP contribution in [0.2, 0.25) is 0 Å². The van der Waals surface area contributed by atoms with Crippen molar-refractivity contribution in [2.75, 3.05) is 20.2 Å². The number of nitrogens with zero attached hydrogens (tertiary/aromatic N) is 1. The predicted molar refractivity (Wildman–Crippen MR) is 107 cm³/mol. The SMILES string of the molecule is COc1ccc(F)cc1S(=O)(=O)N1CCC(C(=O)N[C@@H](C)c2ccccc2)CC1. The van der Waals surface area contributed by atoms with E-state index in [1.165, 1.54) is 17.5 Å².